The molecule has 23 heavy (non-hydrogen) atoms. The van der Waals surface area contributed by atoms with E-state index in [0.29, 0.717) is 5.56 Å². The average Bonchev–Trinajstić information content (AvgIpc) is 3.04. The lowest BCUT2D eigenvalue weighted by molar-refractivity contribution is 0.1000. The largest absolute Gasteiger partial charge is 0.378 e. The topological polar surface area (TPSA) is 62.5 Å². The van der Waals surface area contributed by atoms with E-state index in [9.17, 15) is 4.79 Å². The molecule has 1 aliphatic rings. The molecule has 3 rings (SSSR count). The lowest BCUT2D eigenvalue weighted by Gasteiger charge is -2.27. The average molecular weight is 310 g/mol. The van der Waals surface area contributed by atoms with Crippen molar-refractivity contribution in [3.63, 3.8) is 0 Å². The summed E-state index contributed by atoms with van der Waals surface area (Å²) >= 11 is 0. The molecule has 0 unspecified atom stereocenters. The number of aromatic nitrogens is 1. The molecule has 2 aromatic rings. The third-order valence-corrected chi connectivity index (χ3v) is 4.35. The quantitative estimate of drug-likeness (QED) is 0.943. The molecule has 5 heteroatoms. The van der Waals surface area contributed by atoms with E-state index in [1.807, 2.05) is 14.1 Å². The van der Waals surface area contributed by atoms with Crippen LogP contribution < -0.4 is 15.5 Å². The van der Waals surface area contributed by atoms with Crippen LogP contribution in [0.5, 0.6) is 0 Å². The Kier molecular flexibility index (Phi) is 4.19. The highest BCUT2D eigenvalue weighted by Crippen LogP contribution is 2.36. The molecular formula is C18H22N4O. The fourth-order valence-electron chi connectivity index (χ4n) is 3.13. The first-order valence-corrected chi connectivity index (χ1v) is 7.86. The summed E-state index contributed by atoms with van der Waals surface area (Å²) < 4.78 is 0. The Hall–Kier alpha value is -2.56. The molecule has 1 aliphatic heterocycles. The standard InChI is InChI=1S/C18H22N4O/c1-21(2)15-6-3-5-13(11-15)16-7-4-10-22(16)17-12-14(18(19)23)8-9-20-17/h3,5-6,8-9,11-12,16H,4,7,10H2,1-2H3,(H2,19,23)/t16-/m1/s1. The summed E-state index contributed by atoms with van der Waals surface area (Å²) in [5.41, 5.74) is 8.36. The van der Waals surface area contributed by atoms with Gasteiger partial charge in [0, 0.05) is 38.1 Å². The van der Waals surface area contributed by atoms with Gasteiger partial charge in [0.05, 0.1) is 6.04 Å². The molecular weight excluding hydrogens is 288 g/mol. The number of nitrogens with zero attached hydrogens (tertiary/aromatic N) is 3. The second kappa shape index (κ2) is 6.28. The number of carbonyl (C=O) groups is 1. The van der Waals surface area contributed by atoms with E-state index in [2.05, 4.69) is 39.0 Å². The Morgan fingerprint density at radius 3 is 2.87 bits per heavy atom. The molecule has 0 saturated carbocycles. The van der Waals surface area contributed by atoms with Crippen molar-refractivity contribution >= 4 is 17.4 Å². The van der Waals surface area contributed by atoms with Crippen molar-refractivity contribution in [2.75, 3.05) is 30.4 Å². The van der Waals surface area contributed by atoms with Crippen molar-refractivity contribution < 1.29 is 4.79 Å². The summed E-state index contributed by atoms with van der Waals surface area (Å²) in [7, 11) is 4.09. The number of rotatable bonds is 4. The number of primary amides is 1. The monoisotopic (exact) mass is 310 g/mol. The van der Waals surface area contributed by atoms with Crippen LogP contribution in [-0.4, -0.2) is 31.5 Å². The Balaban J connectivity index is 1.93. The minimum atomic E-state index is -0.418. The SMILES string of the molecule is CN(C)c1cccc([C@H]2CCCN2c2cc(C(N)=O)ccn2)c1. The van der Waals surface area contributed by atoms with Gasteiger partial charge in [-0.1, -0.05) is 12.1 Å². The Bertz CT molecular complexity index is 714. The van der Waals surface area contributed by atoms with E-state index in [0.717, 1.165) is 25.2 Å². The summed E-state index contributed by atoms with van der Waals surface area (Å²) in [6.45, 7) is 0.937. The molecule has 2 N–H and O–H groups in total. The van der Waals surface area contributed by atoms with Gasteiger partial charge < -0.3 is 15.5 Å². The lowest BCUT2D eigenvalue weighted by Crippen LogP contribution is -2.24. The molecule has 120 valence electrons. The Labute approximate surface area is 136 Å². The van der Waals surface area contributed by atoms with Gasteiger partial charge in [-0.3, -0.25) is 4.79 Å². The highest BCUT2D eigenvalue weighted by atomic mass is 16.1. The van der Waals surface area contributed by atoms with Crippen molar-refractivity contribution in [1.29, 1.82) is 0 Å². The minimum absolute atomic E-state index is 0.283. The van der Waals surface area contributed by atoms with E-state index >= 15 is 0 Å². The number of carbonyl (C=O) groups excluding carboxylic acids is 1. The van der Waals surface area contributed by atoms with Crippen LogP contribution in [-0.2, 0) is 0 Å². The van der Waals surface area contributed by atoms with E-state index < -0.39 is 5.91 Å². The summed E-state index contributed by atoms with van der Waals surface area (Å²) in [4.78, 5) is 20.2. The number of hydrogen-bond donors (Lipinski definition) is 1. The van der Waals surface area contributed by atoms with E-state index in [1.165, 1.54) is 11.3 Å². The van der Waals surface area contributed by atoms with Gasteiger partial charge in [0.2, 0.25) is 5.91 Å². The van der Waals surface area contributed by atoms with E-state index in [1.54, 1.807) is 18.3 Å². The van der Waals surface area contributed by atoms with Gasteiger partial charge in [0.25, 0.3) is 0 Å². The van der Waals surface area contributed by atoms with Crippen LogP contribution in [0.2, 0.25) is 0 Å². The smallest absolute Gasteiger partial charge is 0.248 e. The fraction of sp³-hybridized carbons (Fsp3) is 0.333. The third-order valence-electron chi connectivity index (χ3n) is 4.35. The molecule has 1 amide bonds. The zero-order valence-corrected chi connectivity index (χ0v) is 13.6. The number of hydrogen-bond acceptors (Lipinski definition) is 4. The number of anilines is 2. The summed E-state index contributed by atoms with van der Waals surface area (Å²) in [6.07, 6.45) is 3.85. The predicted octanol–water partition coefficient (Wildman–Crippen LogP) is 2.59. The van der Waals surface area contributed by atoms with Crippen molar-refractivity contribution in [1.82, 2.24) is 4.98 Å². The molecule has 5 nitrogen and oxygen atoms in total. The van der Waals surface area contributed by atoms with Gasteiger partial charge in [-0.2, -0.15) is 0 Å². The van der Waals surface area contributed by atoms with Crippen molar-refractivity contribution in [2.24, 2.45) is 5.73 Å². The summed E-state index contributed by atoms with van der Waals surface area (Å²) in [5, 5.41) is 0. The molecule has 0 spiro atoms. The van der Waals surface area contributed by atoms with Gasteiger partial charge in [-0.25, -0.2) is 4.98 Å². The van der Waals surface area contributed by atoms with Crippen molar-refractivity contribution in [2.45, 2.75) is 18.9 Å². The maximum absolute atomic E-state index is 11.4. The number of benzene rings is 1. The second-order valence-electron chi connectivity index (χ2n) is 6.11. The normalized spacial score (nSPS) is 17.3. The maximum Gasteiger partial charge on any atom is 0.248 e. The lowest BCUT2D eigenvalue weighted by atomic mass is 10.0. The van der Waals surface area contributed by atoms with Crippen LogP contribution in [0.1, 0.15) is 34.8 Å². The molecule has 0 radical (unpaired) electrons. The molecule has 1 saturated heterocycles. The molecule has 1 aromatic heterocycles. The Morgan fingerprint density at radius 2 is 2.13 bits per heavy atom. The second-order valence-corrected chi connectivity index (χ2v) is 6.11. The highest BCUT2D eigenvalue weighted by molar-refractivity contribution is 5.93. The zero-order valence-electron chi connectivity index (χ0n) is 13.6. The number of amides is 1. The fourth-order valence-corrected chi connectivity index (χ4v) is 3.13. The molecule has 1 fully saturated rings. The molecule has 1 atom stereocenters. The van der Waals surface area contributed by atoms with Crippen LogP contribution in [0, 0.1) is 0 Å². The minimum Gasteiger partial charge on any atom is -0.378 e. The van der Waals surface area contributed by atoms with E-state index in [4.69, 9.17) is 5.73 Å². The van der Waals surface area contributed by atoms with Crippen LogP contribution in [0.15, 0.2) is 42.6 Å². The first kappa shape index (κ1) is 15.3. The van der Waals surface area contributed by atoms with Crippen LogP contribution in [0.25, 0.3) is 0 Å². The zero-order chi connectivity index (χ0) is 16.4. The summed E-state index contributed by atoms with van der Waals surface area (Å²) in [5.74, 6) is 0.401. The first-order chi connectivity index (χ1) is 11.1. The van der Waals surface area contributed by atoms with Gasteiger partial charge in [-0.15, -0.1) is 0 Å². The predicted molar refractivity (Wildman–Crippen MR) is 92.8 cm³/mol. The molecule has 0 aliphatic carbocycles. The molecule has 2 heterocycles. The van der Waals surface area contributed by atoms with Gasteiger partial charge in [0.15, 0.2) is 0 Å². The van der Waals surface area contributed by atoms with Crippen molar-refractivity contribution in [3.05, 3.63) is 53.7 Å². The molecule has 1 aromatic carbocycles. The first-order valence-electron chi connectivity index (χ1n) is 7.86. The number of pyridine rings is 1. The van der Waals surface area contributed by atoms with Gasteiger partial charge in [0.1, 0.15) is 5.82 Å². The van der Waals surface area contributed by atoms with E-state index in [-0.39, 0.29) is 6.04 Å². The van der Waals surface area contributed by atoms with Gasteiger partial charge in [-0.05, 0) is 42.7 Å². The van der Waals surface area contributed by atoms with Crippen LogP contribution in [0.4, 0.5) is 11.5 Å². The van der Waals surface area contributed by atoms with Gasteiger partial charge >= 0.3 is 0 Å². The van der Waals surface area contributed by atoms with Crippen LogP contribution in [0.3, 0.4) is 0 Å². The third kappa shape index (κ3) is 3.13. The summed E-state index contributed by atoms with van der Waals surface area (Å²) in [6, 6.07) is 12.3. The van der Waals surface area contributed by atoms with Crippen LogP contribution >= 0.6 is 0 Å². The Morgan fingerprint density at radius 1 is 1.30 bits per heavy atom. The maximum atomic E-state index is 11.4. The van der Waals surface area contributed by atoms with Crippen molar-refractivity contribution in [3.8, 4) is 0 Å². The number of nitrogens with two attached hydrogens (primary N) is 1. The molecule has 0 bridgehead atoms. The highest BCUT2D eigenvalue weighted by Gasteiger charge is 2.27.